The fourth-order valence-corrected chi connectivity index (χ4v) is 6.19. The predicted molar refractivity (Wildman–Crippen MR) is 140 cm³/mol. The first-order chi connectivity index (χ1) is 16.4. The summed E-state index contributed by atoms with van der Waals surface area (Å²) in [5, 5.41) is 2.09. The largest absolute Gasteiger partial charge is 0.312 e. The van der Waals surface area contributed by atoms with Gasteiger partial charge in [-0.25, -0.2) is 13.4 Å². The van der Waals surface area contributed by atoms with E-state index in [1.807, 2.05) is 56.3 Å². The Morgan fingerprint density at radius 3 is 2.15 bits per heavy atom. The van der Waals surface area contributed by atoms with Gasteiger partial charge >= 0.3 is 0 Å². The third kappa shape index (κ3) is 5.22. The number of hydrogen-bond acceptors (Lipinski definition) is 4. The zero-order chi connectivity index (χ0) is 24.1. The van der Waals surface area contributed by atoms with E-state index in [-0.39, 0.29) is 0 Å². The van der Waals surface area contributed by atoms with Crippen LogP contribution in [-0.4, -0.2) is 30.4 Å². The molecule has 0 radical (unpaired) electrons. The highest BCUT2D eigenvalue weighted by atomic mass is 32.2. The second kappa shape index (κ2) is 10.5. The lowest BCUT2D eigenvalue weighted by atomic mass is 10.1. The summed E-state index contributed by atoms with van der Waals surface area (Å²) in [4.78, 5) is 6.11. The summed E-state index contributed by atoms with van der Waals surface area (Å²) in [6.45, 7) is 7.34. The van der Waals surface area contributed by atoms with E-state index >= 15 is 0 Å². The Hall–Kier alpha value is -3.00. The summed E-state index contributed by atoms with van der Waals surface area (Å²) in [6.07, 6.45) is 0. The van der Waals surface area contributed by atoms with Gasteiger partial charge in [0.2, 0.25) is 10.0 Å². The molecule has 0 atom stereocenters. The summed E-state index contributed by atoms with van der Waals surface area (Å²) < 4.78 is 29.4. The van der Waals surface area contributed by atoms with Crippen LogP contribution in [0.1, 0.15) is 25.0 Å². The van der Waals surface area contributed by atoms with Crippen molar-refractivity contribution in [3.63, 3.8) is 0 Å². The van der Waals surface area contributed by atoms with Crippen LogP contribution in [0.3, 0.4) is 0 Å². The summed E-state index contributed by atoms with van der Waals surface area (Å²) in [6, 6.07) is 25.6. The number of rotatable bonds is 8. The van der Waals surface area contributed by atoms with Crippen LogP contribution in [0.4, 0.5) is 5.69 Å². The number of aryl methyl sites for hydroxylation is 1. The molecule has 0 aliphatic carbocycles. The number of nitrogens with zero attached hydrogens (tertiary/aromatic N) is 3. The third-order valence-electron chi connectivity index (χ3n) is 5.73. The molecule has 5 nitrogen and oxygen atoms in total. The van der Waals surface area contributed by atoms with E-state index in [1.54, 1.807) is 23.5 Å². The fraction of sp³-hybridized carbons (Fsp3) is 0.222. The van der Waals surface area contributed by atoms with Gasteiger partial charge in [0.15, 0.2) is 4.80 Å². The second-order valence-electron chi connectivity index (χ2n) is 8.04. The molecule has 0 saturated carbocycles. The number of benzene rings is 3. The molecule has 1 aromatic heterocycles. The van der Waals surface area contributed by atoms with Crippen molar-refractivity contribution in [1.29, 1.82) is 0 Å². The van der Waals surface area contributed by atoms with Gasteiger partial charge in [0.05, 0.1) is 22.8 Å². The van der Waals surface area contributed by atoms with Crippen molar-refractivity contribution in [1.82, 2.24) is 8.87 Å². The topological polar surface area (TPSA) is 54.7 Å². The molecule has 4 aromatic rings. The fourth-order valence-electron chi connectivity index (χ4n) is 3.81. The maximum Gasteiger partial charge on any atom is 0.243 e. The van der Waals surface area contributed by atoms with Crippen LogP contribution in [0.5, 0.6) is 0 Å². The van der Waals surface area contributed by atoms with E-state index in [2.05, 4.69) is 41.1 Å². The molecule has 0 aliphatic heterocycles. The molecule has 0 N–H and O–H groups in total. The van der Waals surface area contributed by atoms with Crippen LogP contribution in [0.25, 0.3) is 11.3 Å². The van der Waals surface area contributed by atoms with E-state index in [9.17, 15) is 8.42 Å². The first kappa shape index (κ1) is 24.1. The standard InChI is InChI=1S/C27H29N3O2S2/c1-4-29(5-2)34(31,32)25-17-13-23(14-18-25)26-20-33-27(28-24-15-11-21(3)12-16-24)30(26)19-22-9-7-6-8-10-22/h6-18,20H,4-5,19H2,1-3H3. The smallest absolute Gasteiger partial charge is 0.243 e. The molecular weight excluding hydrogens is 462 g/mol. The van der Waals surface area contributed by atoms with Crippen LogP contribution >= 0.6 is 11.3 Å². The molecule has 176 valence electrons. The van der Waals surface area contributed by atoms with E-state index in [0.29, 0.717) is 24.5 Å². The molecule has 0 amide bonds. The molecule has 0 aliphatic rings. The van der Waals surface area contributed by atoms with E-state index in [0.717, 1.165) is 21.7 Å². The monoisotopic (exact) mass is 491 g/mol. The molecule has 0 bridgehead atoms. The van der Waals surface area contributed by atoms with Gasteiger partial charge in [0.1, 0.15) is 0 Å². The minimum Gasteiger partial charge on any atom is -0.312 e. The quantitative estimate of drug-likeness (QED) is 0.311. The van der Waals surface area contributed by atoms with Crippen LogP contribution in [0.15, 0.2) is 94.1 Å². The van der Waals surface area contributed by atoms with Gasteiger partial charge < -0.3 is 4.57 Å². The van der Waals surface area contributed by atoms with Gasteiger partial charge in [0.25, 0.3) is 0 Å². The van der Waals surface area contributed by atoms with Gasteiger partial charge in [-0.05, 0) is 42.3 Å². The molecular formula is C27H29N3O2S2. The van der Waals surface area contributed by atoms with Gasteiger partial charge in [-0.2, -0.15) is 4.31 Å². The van der Waals surface area contributed by atoms with Gasteiger partial charge in [-0.1, -0.05) is 74.0 Å². The molecule has 0 spiro atoms. The van der Waals surface area contributed by atoms with Crippen LogP contribution in [0.2, 0.25) is 0 Å². The Balaban J connectivity index is 1.77. The van der Waals surface area contributed by atoms with E-state index < -0.39 is 10.0 Å². The van der Waals surface area contributed by atoms with Crippen molar-refractivity contribution >= 4 is 27.0 Å². The van der Waals surface area contributed by atoms with Gasteiger partial charge in [-0.15, -0.1) is 11.3 Å². The van der Waals surface area contributed by atoms with Crippen molar-refractivity contribution in [2.75, 3.05) is 13.1 Å². The zero-order valence-electron chi connectivity index (χ0n) is 19.7. The summed E-state index contributed by atoms with van der Waals surface area (Å²) in [7, 11) is -3.49. The Morgan fingerprint density at radius 2 is 1.53 bits per heavy atom. The minimum atomic E-state index is -3.49. The number of aromatic nitrogens is 1. The highest BCUT2D eigenvalue weighted by Crippen LogP contribution is 2.25. The number of hydrogen-bond donors (Lipinski definition) is 0. The van der Waals surface area contributed by atoms with Crippen molar-refractivity contribution in [3.8, 4) is 11.3 Å². The van der Waals surface area contributed by atoms with Crippen molar-refractivity contribution in [2.24, 2.45) is 4.99 Å². The average molecular weight is 492 g/mol. The molecule has 0 saturated heterocycles. The van der Waals surface area contributed by atoms with E-state index in [1.165, 1.54) is 15.4 Å². The molecule has 0 fully saturated rings. The molecule has 1 heterocycles. The van der Waals surface area contributed by atoms with Crippen LogP contribution < -0.4 is 4.80 Å². The molecule has 0 unspecified atom stereocenters. The Bertz CT molecular complexity index is 1400. The molecule has 7 heteroatoms. The predicted octanol–water partition coefficient (Wildman–Crippen LogP) is 5.84. The van der Waals surface area contributed by atoms with Crippen molar-refractivity contribution in [3.05, 3.63) is 100 Å². The normalized spacial score (nSPS) is 12.4. The Kier molecular flexibility index (Phi) is 7.46. The summed E-state index contributed by atoms with van der Waals surface area (Å²) >= 11 is 1.58. The average Bonchev–Trinajstić information content (AvgIpc) is 3.23. The first-order valence-electron chi connectivity index (χ1n) is 11.4. The molecule has 3 aromatic carbocycles. The van der Waals surface area contributed by atoms with Crippen molar-refractivity contribution in [2.45, 2.75) is 32.2 Å². The van der Waals surface area contributed by atoms with Crippen LogP contribution in [0, 0.1) is 6.92 Å². The lowest BCUT2D eigenvalue weighted by Gasteiger charge is -2.18. The lowest BCUT2D eigenvalue weighted by molar-refractivity contribution is 0.445. The second-order valence-corrected chi connectivity index (χ2v) is 10.8. The zero-order valence-corrected chi connectivity index (χ0v) is 21.3. The maximum atomic E-state index is 12.9. The lowest BCUT2D eigenvalue weighted by Crippen LogP contribution is -2.30. The first-order valence-corrected chi connectivity index (χ1v) is 13.7. The third-order valence-corrected chi connectivity index (χ3v) is 8.66. The highest BCUT2D eigenvalue weighted by molar-refractivity contribution is 7.89. The highest BCUT2D eigenvalue weighted by Gasteiger charge is 2.21. The minimum absolute atomic E-state index is 0.314. The summed E-state index contributed by atoms with van der Waals surface area (Å²) in [5.74, 6) is 0. The van der Waals surface area contributed by atoms with Crippen molar-refractivity contribution < 1.29 is 8.42 Å². The molecule has 34 heavy (non-hydrogen) atoms. The number of sulfonamides is 1. The summed E-state index contributed by atoms with van der Waals surface area (Å²) in [5.41, 5.74) is 5.24. The van der Waals surface area contributed by atoms with Gasteiger partial charge in [-0.3, -0.25) is 0 Å². The van der Waals surface area contributed by atoms with E-state index in [4.69, 9.17) is 4.99 Å². The Morgan fingerprint density at radius 1 is 0.882 bits per heavy atom. The Labute approximate surface area is 205 Å². The van der Waals surface area contributed by atoms with Crippen LogP contribution in [-0.2, 0) is 16.6 Å². The SMILES string of the molecule is CCN(CC)S(=O)(=O)c1ccc(-c2csc(=Nc3ccc(C)cc3)n2Cc2ccccc2)cc1. The number of thiazole rings is 1. The van der Waals surface area contributed by atoms with Gasteiger partial charge in [0, 0.05) is 18.5 Å². The maximum absolute atomic E-state index is 12.9. The molecule has 4 rings (SSSR count).